The molecule has 1 aromatic heterocycles. The number of para-hydroxylation sites is 2. The molecule has 2 heteroatoms. The number of benzene rings is 8. The Morgan fingerprint density at radius 2 is 1.24 bits per heavy atom. The molecule has 0 bridgehead atoms. The Morgan fingerprint density at radius 3 is 2.13 bits per heavy atom. The van der Waals surface area contributed by atoms with Gasteiger partial charge in [0.1, 0.15) is 11.5 Å². The van der Waals surface area contributed by atoms with Crippen LogP contribution in [0.2, 0.25) is 0 Å². The first-order valence-corrected chi connectivity index (χ1v) is 14.7. The van der Waals surface area contributed by atoms with Gasteiger partial charge in [-0.2, -0.15) is 0 Å². The maximum Gasteiger partial charge on any atom is 0.135 e. The largest absolute Gasteiger partial charge is 0.456 e. The van der Waals surface area contributed by atoms with Crippen molar-refractivity contribution in [3.63, 3.8) is 0 Å². The fourth-order valence-corrected chi connectivity index (χ4v) is 6.63. The molecule has 0 aliphatic carbocycles. The number of hydrogen-bond donors (Lipinski definition) is 0. The van der Waals surface area contributed by atoms with Crippen LogP contribution in [0.4, 0.5) is 0 Å². The lowest BCUT2D eigenvalue weighted by atomic mass is 9.90. The second kappa shape index (κ2) is 9.69. The number of nitrogens with zero attached hydrogens (tertiary/aromatic N) is 1. The fraction of sp³-hybridized carbons (Fsp3) is 0. The van der Waals surface area contributed by atoms with Gasteiger partial charge in [-0.3, -0.25) is 0 Å². The van der Waals surface area contributed by atoms with Gasteiger partial charge < -0.3 is 9.30 Å². The van der Waals surface area contributed by atoms with Gasteiger partial charge in [-0.1, -0.05) is 133 Å². The zero-order valence-corrected chi connectivity index (χ0v) is 23.9. The third kappa shape index (κ3) is 3.59. The highest BCUT2D eigenvalue weighted by atomic mass is 16.5. The molecule has 0 saturated carbocycles. The van der Waals surface area contributed by atoms with Crippen LogP contribution in [-0.4, -0.2) is 4.57 Å². The van der Waals surface area contributed by atoms with E-state index in [1.165, 1.54) is 0 Å². The van der Waals surface area contributed by atoms with Crippen molar-refractivity contribution in [1.29, 1.82) is 0 Å². The zero-order valence-electron chi connectivity index (χ0n) is 36.9. The van der Waals surface area contributed by atoms with Gasteiger partial charge in [-0.25, -0.2) is 0 Å². The average molecular weight is 599 g/mol. The summed E-state index contributed by atoms with van der Waals surface area (Å²) in [6.07, 6.45) is 0. The van der Waals surface area contributed by atoms with E-state index < -0.39 is 89.9 Å². The maximum absolute atomic E-state index is 9.50. The summed E-state index contributed by atoms with van der Waals surface area (Å²) in [5.74, 6) is -0.787. The highest BCUT2D eigenvalue weighted by Gasteiger charge is 2.22. The van der Waals surface area contributed by atoms with Crippen LogP contribution in [0.1, 0.15) is 17.8 Å². The highest BCUT2D eigenvalue weighted by Crippen LogP contribution is 2.48. The van der Waals surface area contributed by atoms with Gasteiger partial charge in [0.05, 0.1) is 28.9 Å². The van der Waals surface area contributed by atoms with E-state index in [0.29, 0.717) is 10.9 Å². The molecule has 1 aliphatic heterocycles. The molecule has 8 aromatic carbocycles. The second-order valence-corrected chi connectivity index (χ2v) is 11.1. The molecule has 0 saturated heterocycles. The summed E-state index contributed by atoms with van der Waals surface area (Å²) >= 11 is 0. The van der Waals surface area contributed by atoms with Gasteiger partial charge in [0.25, 0.3) is 0 Å². The van der Waals surface area contributed by atoms with Crippen molar-refractivity contribution < 1.29 is 22.6 Å². The van der Waals surface area contributed by atoms with Crippen molar-refractivity contribution in [1.82, 2.24) is 4.57 Å². The summed E-state index contributed by atoms with van der Waals surface area (Å²) < 4.78 is 125. The number of ether oxygens (including phenoxy) is 1. The van der Waals surface area contributed by atoms with Crippen molar-refractivity contribution >= 4 is 43.4 Å². The molecule has 0 atom stereocenters. The predicted octanol–water partition coefficient (Wildman–Crippen LogP) is 12.2. The minimum atomic E-state index is -0.669. The number of aromatic nitrogens is 1. The van der Waals surface area contributed by atoms with Crippen LogP contribution in [0.5, 0.6) is 11.5 Å². The lowest BCUT2D eigenvalue weighted by Gasteiger charge is -2.22. The van der Waals surface area contributed by atoms with Crippen molar-refractivity contribution in [3.8, 4) is 50.6 Å². The predicted molar refractivity (Wildman–Crippen MR) is 192 cm³/mol. The van der Waals surface area contributed by atoms with Crippen LogP contribution in [0.25, 0.3) is 82.4 Å². The smallest absolute Gasteiger partial charge is 0.135 e. The highest BCUT2D eigenvalue weighted by molar-refractivity contribution is 6.22. The molecule has 0 spiro atoms. The van der Waals surface area contributed by atoms with Crippen LogP contribution in [0.15, 0.2) is 163 Å². The molecule has 0 unspecified atom stereocenters. The first-order chi connectivity index (χ1) is 28.3. The summed E-state index contributed by atoms with van der Waals surface area (Å²) in [4.78, 5) is 0. The summed E-state index contributed by atoms with van der Waals surface area (Å²) in [6.45, 7) is 0. The third-order valence-electron chi connectivity index (χ3n) is 8.60. The van der Waals surface area contributed by atoms with E-state index in [4.69, 9.17) is 15.7 Å². The number of fused-ring (bicyclic) bond motifs is 7. The minimum Gasteiger partial charge on any atom is -0.456 e. The first kappa shape index (κ1) is 15.7. The topological polar surface area (TPSA) is 14.2 Å². The lowest BCUT2D eigenvalue weighted by Crippen LogP contribution is -1.97. The van der Waals surface area contributed by atoms with Crippen molar-refractivity contribution in [2.45, 2.75) is 0 Å². The molecule has 9 aromatic rings. The average Bonchev–Trinajstić information content (AvgIpc) is 3.60. The van der Waals surface area contributed by atoms with Gasteiger partial charge in [0, 0.05) is 32.8 Å². The van der Waals surface area contributed by atoms with E-state index in [2.05, 4.69) is 4.57 Å². The second-order valence-electron chi connectivity index (χ2n) is 11.1. The van der Waals surface area contributed by atoms with Crippen LogP contribution >= 0.6 is 0 Å². The fourth-order valence-electron chi connectivity index (χ4n) is 6.63. The number of rotatable bonds is 3. The maximum atomic E-state index is 9.50. The van der Waals surface area contributed by atoms with Crippen LogP contribution in [-0.2, 0) is 0 Å². The molecular formula is C44H27NO. The van der Waals surface area contributed by atoms with E-state index in [1.807, 2.05) is 72.8 Å². The third-order valence-corrected chi connectivity index (χ3v) is 8.60. The molecule has 0 amide bonds. The normalized spacial score (nSPS) is 16.0. The Labute approximate surface area is 284 Å². The molecule has 1 aliphatic rings. The first-order valence-electron chi connectivity index (χ1n) is 21.2. The van der Waals surface area contributed by atoms with Crippen molar-refractivity contribution in [2.24, 2.45) is 0 Å². The molecular weight excluding hydrogens is 558 g/mol. The van der Waals surface area contributed by atoms with E-state index >= 15 is 0 Å². The molecule has 0 N–H and O–H groups in total. The van der Waals surface area contributed by atoms with E-state index in [0.717, 1.165) is 32.9 Å². The summed E-state index contributed by atoms with van der Waals surface area (Å²) in [5, 5.41) is 3.05. The Bertz CT molecular complexity index is 3370. The molecule has 46 heavy (non-hydrogen) atoms. The van der Waals surface area contributed by atoms with Crippen molar-refractivity contribution in [3.05, 3.63) is 163 Å². The van der Waals surface area contributed by atoms with Gasteiger partial charge in [-0.05, 0) is 68.9 Å². The van der Waals surface area contributed by atoms with E-state index in [1.54, 1.807) is 12.1 Å². The minimum absolute atomic E-state index is 0.0102. The van der Waals surface area contributed by atoms with Crippen molar-refractivity contribution in [2.75, 3.05) is 0 Å². The molecule has 2 nitrogen and oxygen atoms in total. The molecule has 0 fully saturated rings. The summed E-state index contributed by atoms with van der Waals surface area (Å²) in [7, 11) is 0. The number of hydrogen-bond acceptors (Lipinski definition) is 1. The lowest BCUT2D eigenvalue weighted by molar-refractivity contribution is 0.487. The standard InChI is InChI=1S/C44H27NO/c1-2-11-31(12-3-1)45-39-18-9-15-33(42(39)38-25-24-28-10-4-5-13-34(28)44(38)45)30-22-20-29(21-23-30)32-26-27-41-43-36(32)16-8-17-37(43)35-14-6-7-19-40(35)46-41/h1-27H/i6D,7D,8D,14D,16D,17D,19D,20D,21D,22D,23D,26D,27D. The van der Waals surface area contributed by atoms with E-state index in [-0.39, 0.29) is 38.8 Å². The Balaban J connectivity index is 1.31. The SMILES string of the molecule is [2H]c1c([2H])c([2H])c2c(c1[2H])Oc1c([2H])c([2H])c(-c3c([2H])c([2H])c(-c4cccc5c4c4ccc6ccccc6c4n5-c4ccccc4)c([2H])c3[2H])c3c([2H])c([2H])c([2H])c-2c13. The summed E-state index contributed by atoms with van der Waals surface area (Å²) in [5.41, 5.74) is 1.70. The van der Waals surface area contributed by atoms with Gasteiger partial charge in [0.2, 0.25) is 0 Å². The zero-order chi connectivity index (χ0) is 41.5. The Kier molecular flexibility index (Phi) is 3.32. The Morgan fingerprint density at radius 1 is 0.457 bits per heavy atom. The van der Waals surface area contributed by atoms with Crippen LogP contribution in [0, 0.1) is 0 Å². The van der Waals surface area contributed by atoms with Gasteiger partial charge >= 0.3 is 0 Å². The Hall–Kier alpha value is -6.12. The molecule has 10 rings (SSSR count). The molecule has 214 valence electrons. The van der Waals surface area contributed by atoms with Gasteiger partial charge in [0.15, 0.2) is 0 Å². The monoisotopic (exact) mass is 598 g/mol. The van der Waals surface area contributed by atoms with Crippen LogP contribution < -0.4 is 4.74 Å². The van der Waals surface area contributed by atoms with Gasteiger partial charge in [-0.15, -0.1) is 0 Å². The molecule has 0 radical (unpaired) electrons. The van der Waals surface area contributed by atoms with Crippen LogP contribution in [0.3, 0.4) is 0 Å². The quantitative estimate of drug-likeness (QED) is 0.197. The van der Waals surface area contributed by atoms with E-state index in [9.17, 15) is 6.85 Å². The summed E-state index contributed by atoms with van der Waals surface area (Å²) in [6, 6.07) is 19.6. The molecule has 2 heterocycles.